The Morgan fingerprint density at radius 2 is 2.35 bits per heavy atom. The number of amides is 1. The minimum Gasteiger partial charge on any atom is -0.457 e. The first kappa shape index (κ1) is 12.6. The van der Waals surface area contributed by atoms with Gasteiger partial charge in [0.1, 0.15) is 0 Å². The van der Waals surface area contributed by atoms with Gasteiger partial charge in [-0.2, -0.15) is 0 Å². The van der Waals surface area contributed by atoms with Crippen molar-refractivity contribution in [1.82, 2.24) is 5.32 Å². The summed E-state index contributed by atoms with van der Waals surface area (Å²) >= 11 is 3.20. The number of carbonyl (C=O) groups is 1. The third kappa shape index (κ3) is 3.10. The molecular formula is C12H16BrNO3. The number of nitrogens with one attached hydrogen (secondary N) is 1. The summed E-state index contributed by atoms with van der Waals surface area (Å²) in [5.41, 5.74) is 0.374. The molecule has 5 heteroatoms. The van der Waals surface area contributed by atoms with Crippen molar-refractivity contribution >= 4 is 21.8 Å². The van der Waals surface area contributed by atoms with Crippen molar-refractivity contribution in [3.63, 3.8) is 0 Å². The molecule has 0 saturated carbocycles. The molecule has 1 unspecified atom stereocenters. The Morgan fingerprint density at radius 3 is 2.94 bits per heavy atom. The maximum atomic E-state index is 12.0. The van der Waals surface area contributed by atoms with Crippen LogP contribution < -0.4 is 5.32 Å². The molecule has 1 saturated heterocycles. The lowest BCUT2D eigenvalue weighted by atomic mass is 9.94. The summed E-state index contributed by atoms with van der Waals surface area (Å²) in [4.78, 5) is 12.0. The predicted octanol–water partition coefficient (Wildman–Crippen LogP) is 2.73. The second-order valence-electron chi connectivity index (χ2n) is 4.88. The SMILES string of the molecule is CC1(C)CC(NC(=O)c2ccoc2Br)CCO1. The monoisotopic (exact) mass is 301 g/mol. The highest BCUT2D eigenvalue weighted by molar-refractivity contribution is 9.10. The van der Waals surface area contributed by atoms with Gasteiger partial charge in [-0.25, -0.2) is 0 Å². The van der Waals surface area contributed by atoms with Gasteiger partial charge in [0.05, 0.1) is 17.4 Å². The molecule has 1 N–H and O–H groups in total. The normalized spacial score (nSPS) is 23.4. The number of furan rings is 1. The smallest absolute Gasteiger partial charge is 0.255 e. The molecule has 0 aromatic carbocycles. The summed E-state index contributed by atoms with van der Waals surface area (Å²) in [5.74, 6) is -0.103. The molecule has 1 fully saturated rings. The molecule has 1 aromatic rings. The maximum absolute atomic E-state index is 12.0. The Kier molecular flexibility index (Phi) is 3.58. The van der Waals surface area contributed by atoms with Gasteiger partial charge in [0.2, 0.25) is 0 Å². The van der Waals surface area contributed by atoms with Gasteiger partial charge in [0, 0.05) is 12.6 Å². The van der Waals surface area contributed by atoms with Gasteiger partial charge >= 0.3 is 0 Å². The van der Waals surface area contributed by atoms with E-state index in [0.717, 1.165) is 12.8 Å². The molecule has 0 spiro atoms. The number of hydrogen-bond donors (Lipinski definition) is 1. The van der Waals surface area contributed by atoms with Gasteiger partial charge in [-0.05, 0) is 48.7 Å². The van der Waals surface area contributed by atoms with E-state index in [2.05, 4.69) is 21.2 Å². The Hall–Kier alpha value is -0.810. The molecule has 17 heavy (non-hydrogen) atoms. The largest absolute Gasteiger partial charge is 0.457 e. The Labute approximate surface area is 109 Å². The van der Waals surface area contributed by atoms with Gasteiger partial charge in [-0.3, -0.25) is 4.79 Å². The van der Waals surface area contributed by atoms with Crippen LogP contribution >= 0.6 is 15.9 Å². The minimum atomic E-state index is -0.163. The van der Waals surface area contributed by atoms with E-state index >= 15 is 0 Å². The lowest BCUT2D eigenvalue weighted by Gasteiger charge is -2.35. The van der Waals surface area contributed by atoms with E-state index in [0.29, 0.717) is 16.8 Å². The van der Waals surface area contributed by atoms with Crippen molar-refractivity contribution in [2.24, 2.45) is 0 Å². The topological polar surface area (TPSA) is 51.5 Å². The van der Waals surface area contributed by atoms with Crippen LogP contribution in [0.15, 0.2) is 21.4 Å². The molecule has 0 radical (unpaired) electrons. The molecule has 1 aliphatic rings. The van der Waals surface area contributed by atoms with Crippen molar-refractivity contribution < 1.29 is 13.9 Å². The number of hydrogen-bond acceptors (Lipinski definition) is 3. The summed E-state index contributed by atoms with van der Waals surface area (Å²) in [7, 11) is 0. The molecule has 4 nitrogen and oxygen atoms in total. The molecule has 94 valence electrons. The fourth-order valence-corrected chi connectivity index (χ4v) is 2.49. The van der Waals surface area contributed by atoms with E-state index in [-0.39, 0.29) is 17.6 Å². The van der Waals surface area contributed by atoms with Gasteiger partial charge in [0.15, 0.2) is 4.67 Å². The van der Waals surface area contributed by atoms with Crippen LogP contribution in [0.1, 0.15) is 37.0 Å². The molecule has 2 heterocycles. The molecule has 1 aliphatic heterocycles. The summed E-state index contributed by atoms with van der Waals surface area (Å²) in [6.07, 6.45) is 3.17. The van der Waals surface area contributed by atoms with Crippen LogP contribution in [0, 0.1) is 0 Å². The summed E-state index contributed by atoms with van der Waals surface area (Å²) < 4.78 is 11.1. The maximum Gasteiger partial charge on any atom is 0.255 e. The fraction of sp³-hybridized carbons (Fsp3) is 0.583. The predicted molar refractivity (Wildman–Crippen MR) is 66.9 cm³/mol. The van der Waals surface area contributed by atoms with Crippen LogP contribution in [-0.2, 0) is 4.74 Å². The van der Waals surface area contributed by atoms with Gasteiger partial charge < -0.3 is 14.5 Å². The molecule has 1 aromatic heterocycles. The lowest BCUT2D eigenvalue weighted by molar-refractivity contribution is -0.0615. The van der Waals surface area contributed by atoms with Gasteiger partial charge in [-0.15, -0.1) is 0 Å². The molecule has 1 amide bonds. The first-order valence-electron chi connectivity index (χ1n) is 5.66. The average Bonchev–Trinajstić information content (AvgIpc) is 2.62. The zero-order valence-electron chi connectivity index (χ0n) is 9.96. The highest BCUT2D eigenvalue weighted by Gasteiger charge is 2.30. The highest BCUT2D eigenvalue weighted by Crippen LogP contribution is 2.25. The van der Waals surface area contributed by atoms with Crippen molar-refractivity contribution in [2.75, 3.05) is 6.61 Å². The van der Waals surface area contributed by atoms with Crippen molar-refractivity contribution in [3.05, 3.63) is 22.6 Å². The Bertz CT molecular complexity index is 414. The van der Waals surface area contributed by atoms with Crippen LogP contribution in [0.4, 0.5) is 0 Å². The first-order chi connectivity index (χ1) is 7.98. The molecule has 0 bridgehead atoms. The molecular weight excluding hydrogens is 286 g/mol. The van der Waals surface area contributed by atoms with E-state index < -0.39 is 0 Å². The van der Waals surface area contributed by atoms with Crippen LogP contribution in [0.5, 0.6) is 0 Å². The fourth-order valence-electron chi connectivity index (χ4n) is 2.07. The number of rotatable bonds is 2. The van der Waals surface area contributed by atoms with E-state index in [1.54, 1.807) is 6.07 Å². The number of halogens is 1. The van der Waals surface area contributed by atoms with Crippen LogP contribution in [0.2, 0.25) is 0 Å². The zero-order chi connectivity index (χ0) is 12.5. The quantitative estimate of drug-likeness (QED) is 0.914. The Balaban J connectivity index is 1.98. The molecule has 0 aliphatic carbocycles. The van der Waals surface area contributed by atoms with Crippen molar-refractivity contribution in [2.45, 2.75) is 38.3 Å². The van der Waals surface area contributed by atoms with E-state index in [9.17, 15) is 4.79 Å². The van der Waals surface area contributed by atoms with E-state index in [1.165, 1.54) is 6.26 Å². The van der Waals surface area contributed by atoms with Crippen LogP contribution in [0.25, 0.3) is 0 Å². The van der Waals surface area contributed by atoms with Crippen LogP contribution in [-0.4, -0.2) is 24.2 Å². The van der Waals surface area contributed by atoms with Crippen molar-refractivity contribution in [1.29, 1.82) is 0 Å². The minimum absolute atomic E-state index is 0.103. The van der Waals surface area contributed by atoms with Crippen LogP contribution in [0.3, 0.4) is 0 Å². The molecule has 2 rings (SSSR count). The zero-order valence-corrected chi connectivity index (χ0v) is 11.5. The summed E-state index contributed by atoms with van der Waals surface area (Å²) in [5, 5.41) is 3.01. The lowest BCUT2D eigenvalue weighted by Crippen LogP contribution is -2.45. The Morgan fingerprint density at radius 1 is 1.59 bits per heavy atom. The van der Waals surface area contributed by atoms with Gasteiger partial charge in [0.25, 0.3) is 5.91 Å². The number of ether oxygens (including phenoxy) is 1. The average molecular weight is 302 g/mol. The first-order valence-corrected chi connectivity index (χ1v) is 6.45. The highest BCUT2D eigenvalue weighted by atomic mass is 79.9. The van der Waals surface area contributed by atoms with E-state index in [4.69, 9.17) is 9.15 Å². The van der Waals surface area contributed by atoms with E-state index in [1.807, 2.05) is 13.8 Å². The standard InChI is InChI=1S/C12H16BrNO3/c1-12(2)7-8(3-6-17-12)14-11(15)9-4-5-16-10(9)13/h4-5,8H,3,6-7H2,1-2H3,(H,14,15). The second-order valence-corrected chi connectivity index (χ2v) is 5.60. The second kappa shape index (κ2) is 4.82. The third-order valence-corrected chi connectivity index (χ3v) is 3.51. The number of carbonyl (C=O) groups excluding carboxylic acids is 1. The van der Waals surface area contributed by atoms with Gasteiger partial charge in [-0.1, -0.05) is 0 Å². The molecule has 1 atom stereocenters. The summed E-state index contributed by atoms with van der Waals surface area (Å²) in [6.45, 7) is 4.77. The third-order valence-electron chi connectivity index (χ3n) is 2.89. The summed E-state index contributed by atoms with van der Waals surface area (Å²) in [6, 6.07) is 1.82. The van der Waals surface area contributed by atoms with Crippen molar-refractivity contribution in [3.8, 4) is 0 Å².